The van der Waals surface area contributed by atoms with Crippen molar-refractivity contribution in [3.63, 3.8) is 0 Å². The lowest BCUT2D eigenvalue weighted by molar-refractivity contribution is 0.220. The van der Waals surface area contributed by atoms with Crippen molar-refractivity contribution in [2.45, 2.75) is 19.4 Å². The Hall–Kier alpha value is -1.39. The van der Waals surface area contributed by atoms with Gasteiger partial charge < -0.3 is 10.4 Å². The Labute approximate surface area is 126 Å². The first-order valence-electron chi connectivity index (χ1n) is 6.36. The smallest absolute Gasteiger partial charge is 0.128 e. The summed E-state index contributed by atoms with van der Waals surface area (Å²) in [5.41, 5.74) is 1.53. The van der Waals surface area contributed by atoms with Gasteiger partial charge in [0.15, 0.2) is 0 Å². The van der Waals surface area contributed by atoms with E-state index in [9.17, 15) is 9.50 Å². The Kier molecular flexibility index (Phi) is 4.45. The molecule has 0 radical (unpaired) electrons. The van der Waals surface area contributed by atoms with Gasteiger partial charge in [0.2, 0.25) is 0 Å². The predicted octanol–water partition coefficient (Wildman–Crippen LogP) is 4.22. The molecule has 1 unspecified atom stereocenters. The number of benzene rings is 2. The number of hydrogen-bond acceptors (Lipinski definition) is 2. The Morgan fingerprint density at radius 1 is 1.20 bits per heavy atom. The lowest BCUT2D eigenvalue weighted by Crippen LogP contribution is -2.36. The van der Waals surface area contributed by atoms with Gasteiger partial charge in [-0.25, -0.2) is 4.39 Å². The quantitative estimate of drug-likeness (QED) is 0.875. The van der Waals surface area contributed by atoms with Crippen molar-refractivity contribution < 1.29 is 9.50 Å². The second-order valence-corrected chi connectivity index (χ2v) is 6.02. The Bertz CT molecular complexity index is 600. The summed E-state index contributed by atoms with van der Waals surface area (Å²) in [7, 11) is 0. The van der Waals surface area contributed by atoms with Crippen LogP contribution in [-0.2, 0) is 5.54 Å². The zero-order valence-corrected chi connectivity index (χ0v) is 13.0. The molecule has 0 bridgehead atoms. The molecule has 106 valence electrons. The maximum atomic E-state index is 14.0. The molecule has 2 aromatic rings. The van der Waals surface area contributed by atoms with E-state index in [1.807, 2.05) is 31.2 Å². The third kappa shape index (κ3) is 3.19. The number of rotatable bonds is 4. The maximum absolute atomic E-state index is 14.0. The van der Waals surface area contributed by atoms with Crippen LogP contribution >= 0.6 is 15.9 Å². The summed E-state index contributed by atoms with van der Waals surface area (Å²) >= 11 is 3.34. The summed E-state index contributed by atoms with van der Waals surface area (Å²) in [5, 5.41) is 12.9. The number of nitrogens with one attached hydrogen (secondary N) is 1. The number of aliphatic hydroxyl groups is 1. The zero-order valence-electron chi connectivity index (χ0n) is 11.5. The molecule has 2 aromatic carbocycles. The summed E-state index contributed by atoms with van der Waals surface area (Å²) in [6.45, 7) is 3.56. The van der Waals surface area contributed by atoms with Crippen molar-refractivity contribution >= 4 is 21.6 Å². The fourth-order valence-electron chi connectivity index (χ4n) is 2.07. The largest absolute Gasteiger partial charge is 0.394 e. The maximum Gasteiger partial charge on any atom is 0.128 e. The third-order valence-corrected chi connectivity index (χ3v) is 3.80. The number of aliphatic hydroxyl groups excluding tert-OH is 1. The molecule has 0 amide bonds. The molecule has 0 aliphatic heterocycles. The first-order chi connectivity index (χ1) is 9.44. The highest BCUT2D eigenvalue weighted by atomic mass is 79.9. The van der Waals surface area contributed by atoms with Crippen LogP contribution in [-0.4, -0.2) is 11.7 Å². The van der Waals surface area contributed by atoms with Crippen LogP contribution in [0.15, 0.2) is 46.9 Å². The van der Waals surface area contributed by atoms with Gasteiger partial charge in [-0.2, -0.15) is 0 Å². The molecule has 0 saturated carbocycles. The van der Waals surface area contributed by atoms with Gasteiger partial charge in [0.05, 0.1) is 12.1 Å². The first-order valence-corrected chi connectivity index (χ1v) is 7.15. The van der Waals surface area contributed by atoms with E-state index >= 15 is 0 Å². The van der Waals surface area contributed by atoms with E-state index in [-0.39, 0.29) is 12.4 Å². The highest BCUT2D eigenvalue weighted by Gasteiger charge is 2.29. The molecule has 20 heavy (non-hydrogen) atoms. The van der Waals surface area contributed by atoms with Crippen LogP contribution in [0.2, 0.25) is 0 Å². The Morgan fingerprint density at radius 3 is 2.45 bits per heavy atom. The minimum atomic E-state index is -0.886. The average molecular weight is 338 g/mol. The van der Waals surface area contributed by atoms with Crippen molar-refractivity contribution in [3.05, 3.63) is 63.9 Å². The topological polar surface area (TPSA) is 32.3 Å². The van der Waals surface area contributed by atoms with Crippen molar-refractivity contribution in [1.82, 2.24) is 0 Å². The van der Waals surface area contributed by atoms with E-state index in [1.54, 1.807) is 19.1 Å². The van der Waals surface area contributed by atoms with Gasteiger partial charge in [-0.1, -0.05) is 33.6 Å². The van der Waals surface area contributed by atoms with E-state index in [0.29, 0.717) is 5.56 Å². The Morgan fingerprint density at radius 2 is 1.85 bits per heavy atom. The van der Waals surface area contributed by atoms with E-state index in [1.165, 1.54) is 6.07 Å². The minimum absolute atomic E-state index is 0.214. The predicted molar refractivity (Wildman–Crippen MR) is 83.3 cm³/mol. The molecule has 0 fully saturated rings. The van der Waals surface area contributed by atoms with Gasteiger partial charge in [0, 0.05) is 15.7 Å². The van der Waals surface area contributed by atoms with Crippen molar-refractivity contribution in [2.24, 2.45) is 0 Å². The van der Waals surface area contributed by atoms with Gasteiger partial charge in [0.25, 0.3) is 0 Å². The second-order valence-electron chi connectivity index (χ2n) is 5.11. The molecular formula is C16H17BrFNO. The fourth-order valence-corrected chi connectivity index (χ4v) is 2.43. The monoisotopic (exact) mass is 337 g/mol. The van der Waals surface area contributed by atoms with Crippen LogP contribution in [0.25, 0.3) is 0 Å². The number of hydrogen-bond donors (Lipinski definition) is 2. The van der Waals surface area contributed by atoms with E-state index < -0.39 is 5.54 Å². The first kappa shape index (κ1) is 15.0. The summed E-state index contributed by atoms with van der Waals surface area (Å²) in [5.74, 6) is -0.343. The lowest BCUT2D eigenvalue weighted by Gasteiger charge is -2.31. The zero-order chi connectivity index (χ0) is 14.8. The fraction of sp³-hybridized carbons (Fsp3) is 0.250. The summed E-state index contributed by atoms with van der Waals surface area (Å²) in [4.78, 5) is 0. The number of anilines is 1. The van der Waals surface area contributed by atoms with Gasteiger partial charge >= 0.3 is 0 Å². The molecule has 0 aromatic heterocycles. The summed E-state index contributed by atoms with van der Waals surface area (Å²) < 4.78 is 14.8. The molecule has 0 spiro atoms. The normalized spacial score (nSPS) is 13.8. The Balaban J connectivity index is 2.37. The second kappa shape index (κ2) is 5.94. The van der Waals surface area contributed by atoms with Crippen LogP contribution in [0.4, 0.5) is 10.1 Å². The van der Waals surface area contributed by atoms with Crippen LogP contribution < -0.4 is 5.32 Å². The highest BCUT2D eigenvalue weighted by molar-refractivity contribution is 9.10. The van der Waals surface area contributed by atoms with E-state index in [0.717, 1.165) is 15.7 Å². The lowest BCUT2D eigenvalue weighted by atomic mass is 9.92. The van der Waals surface area contributed by atoms with Gasteiger partial charge in [-0.05, 0) is 44.2 Å². The number of aryl methyl sites for hydroxylation is 1. The van der Waals surface area contributed by atoms with Crippen LogP contribution in [0.5, 0.6) is 0 Å². The van der Waals surface area contributed by atoms with E-state index in [4.69, 9.17) is 0 Å². The van der Waals surface area contributed by atoms with Crippen LogP contribution in [0.1, 0.15) is 18.1 Å². The SMILES string of the molecule is Cc1ccc(NC(C)(CO)c2cc(Br)ccc2F)cc1. The third-order valence-electron chi connectivity index (χ3n) is 3.31. The highest BCUT2D eigenvalue weighted by Crippen LogP contribution is 2.30. The molecule has 0 saturated heterocycles. The molecule has 0 heterocycles. The van der Waals surface area contributed by atoms with E-state index in [2.05, 4.69) is 21.2 Å². The standard InChI is InChI=1S/C16H17BrFNO/c1-11-3-6-13(7-4-11)19-16(2,10-20)14-9-12(17)5-8-15(14)18/h3-9,19-20H,10H2,1-2H3. The molecular weight excluding hydrogens is 321 g/mol. The van der Waals surface area contributed by atoms with Crippen LogP contribution in [0.3, 0.4) is 0 Å². The van der Waals surface area contributed by atoms with Gasteiger partial charge in [-0.3, -0.25) is 0 Å². The summed E-state index contributed by atoms with van der Waals surface area (Å²) in [6, 6.07) is 12.5. The van der Waals surface area contributed by atoms with Crippen molar-refractivity contribution in [3.8, 4) is 0 Å². The summed E-state index contributed by atoms with van der Waals surface area (Å²) in [6.07, 6.45) is 0. The van der Waals surface area contributed by atoms with Gasteiger partial charge in [0.1, 0.15) is 5.82 Å². The molecule has 4 heteroatoms. The molecule has 0 aliphatic carbocycles. The molecule has 1 atom stereocenters. The molecule has 0 aliphatic rings. The van der Waals surface area contributed by atoms with Crippen LogP contribution in [0, 0.1) is 12.7 Å². The average Bonchev–Trinajstić information content (AvgIpc) is 2.44. The molecule has 2 nitrogen and oxygen atoms in total. The van der Waals surface area contributed by atoms with Crippen molar-refractivity contribution in [1.29, 1.82) is 0 Å². The minimum Gasteiger partial charge on any atom is -0.394 e. The molecule has 2 N–H and O–H groups in total. The molecule has 2 rings (SSSR count). The van der Waals surface area contributed by atoms with Gasteiger partial charge in [-0.15, -0.1) is 0 Å². The van der Waals surface area contributed by atoms with Crippen molar-refractivity contribution in [2.75, 3.05) is 11.9 Å². The number of halogens is 2.